The van der Waals surface area contributed by atoms with Crippen LogP contribution in [0, 0.1) is 0 Å². The SMILES string of the molecule is C(=N/N1CC[NH+](C(c2ccccc2)c2ccccc2)CC1)/c1ccccn1. The van der Waals surface area contributed by atoms with Crippen molar-refractivity contribution in [3.63, 3.8) is 0 Å². The standard InChI is InChI=1S/C23H24N4/c1-3-9-20(10-4-1)23(21-11-5-2-6-12-21)26-15-17-27(18-16-26)25-19-22-13-7-8-14-24-22/h1-14,19,23H,15-18H2/p+1/b25-19-. The van der Waals surface area contributed by atoms with Crippen molar-refractivity contribution in [3.05, 3.63) is 102 Å². The number of hydrogen-bond donors (Lipinski definition) is 1. The first-order valence-corrected chi connectivity index (χ1v) is 9.54. The molecule has 1 aliphatic heterocycles. The first-order valence-electron chi connectivity index (χ1n) is 9.54. The maximum absolute atomic E-state index is 4.63. The number of aromatic nitrogens is 1. The van der Waals surface area contributed by atoms with Crippen molar-refractivity contribution in [1.82, 2.24) is 9.99 Å². The largest absolute Gasteiger partial charge is 0.322 e. The van der Waals surface area contributed by atoms with Crippen LogP contribution in [0.3, 0.4) is 0 Å². The molecule has 136 valence electrons. The van der Waals surface area contributed by atoms with Gasteiger partial charge in [-0.05, 0) is 12.1 Å². The van der Waals surface area contributed by atoms with Gasteiger partial charge in [-0.3, -0.25) is 9.99 Å². The minimum absolute atomic E-state index is 0.370. The zero-order valence-electron chi connectivity index (χ0n) is 15.4. The van der Waals surface area contributed by atoms with E-state index in [-0.39, 0.29) is 0 Å². The molecule has 4 nitrogen and oxygen atoms in total. The van der Waals surface area contributed by atoms with Crippen LogP contribution in [0.5, 0.6) is 0 Å². The van der Waals surface area contributed by atoms with Gasteiger partial charge in [-0.25, -0.2) is 0 Å². The van der Waals surface area contributed by atoms with Gasteiger partial charge in [0.25, 0.3) is 0 Å². The average molecular weight is 357 g/mol. The maximum atomic E-state index is 4.63. The smallest absolute Gasteiger partial charge is 0.139 e. The molecule has 4 heteroatoms. The van der Waals surface area contributed by atoms with Gasteiger partial charge in [0.05, 0.1) is 38.1 Å². The van der Waals surface area contributed by atoms with Gasteiger partial charge in [-0.15, -0.1) is 0 Å². The molecule has 0 saturated carbocycles. The topological polar surface area (TPSA) is 32.9 Å². The van der Waals surface area contributed by atoms with Crippen LogP contribution >= 0.6 is 0 Å². The number of quaternary nitrogens is 1. The molecule has 1 aliphatic rings. The molecule has 1 aromatic heterocycles. The molecule has 0 bridgehead atoms. The summed E-state index contributed by atoms with van der Waals surface area (Å²) in [4.78, 5) is 5.90. The molecule has 1 fully saturated rings. The van der Waals surface area contributed by atoms with Gasteiger partial charge in [0.2, 0.25) is 0 Å². The van der Waals surface area contributed by atoms with E-state index in [0.29, 0.717) is 6.04 Å². The van der Waals surface area contributed by atoms with E-state index in [0.717, 1.165) is 31.9 Å². The maximum Gasteiger partial charge on any atom is 0.139 e. The molecule has 3 aromatic rings. The average Bonchev–Trinajstić information content (AvgIpc) is 2.76. The first kappa shape index (κ1) is 17.4. The summed E-state index contributed by atoms with van der Waals surface area (Å²) in [6.07, 6.45) is 3.66. The second kappa shape index (κ2) is 8.60. The molecule has 27 heavy (non-hydrogen) atoms. The monoisotopic (exact) mass is 357 g/mol. The van der Waals surface area contributed by atoms with Gasteiger partial charge < -0.3 is 4.90 Å². The molecule has 0 radical (unpaired) electrons. The highest BCUT2D eigenvalue weighted by atomic mass is 15.5. The minimum Gasteiger partial charge on any atom is -0.322 e. The van der Waals surface area contributed by atoms with Gasteiger partial charge in [0.15, 0.2) is 0 Å². The first-order chi connectivity index (χ1) is 13.4. The number of rotatable bonds is 5. The van der Waals surface area contributed by atoms with Crippen LogP contribution in [0.25, 0.3) is 0 Å². The van der Waals surface area contributed by atoms with Crippen molar-refractivity contribution < 1.29 is 4.90 Å². The molecule has 2 aromatic carbocycles. The lowest BCUT2D eigenvalue weighted by atomic mass is 9.96. The van der Waals surface area contributed by atoms with Crippen molar-refractivity contribution >= 4 is 6.21 Å². The quantitative estimate of drug-likeness (QED) is 0.712. The Balaban J connectivity index is 1.47. The molecule has 1 N–H and O–H groups in total. The van der Waals surface area contributed by atoms with Crippen molar-refractivity contribution in [1.29, 1.82) is 0 Å². The Labute approximate surface area is 160 Å². The third kappa shape index (κ3) is 4.41. The van der Waals surface area contributed by atoms with Gasteiger partial charge in [-0.1, -0.05) is 66.7 Å². The van der Waals surface area contributed by atoms with E-state index in [1.165, 1.54) is 11.1 Å². The van der Waals surface area contributed by atoms with E-state index in [1.54, 1.807) is 11.1 Å². The summed E-state index contributed by atoms with van der Waals surface area (Å²) in [5.41, 5.74) is 3.66. The Morgan fingerprint density at radius 2 is 1.41 bits per heavy atom. The van der Waals surface area contributed by atoms with Crippen molar-refractivity contribution in [2.45, 2.75) is 6.04 Å². The van der Waals surface area contributed by atoms with Crippen LogP contribution in [0.1, 0.15) is 22.9 Å². The van der Waals surface area contributed by atoms with Crippen molar-refractivity contribution in [2.75, 3.05) is 26.2 Å². The molecular weight excluding hydrogens is 332 g/mol. The fourth-order valence-electron chi connectivity index (χ4n) is 3.73. The van der Waals surface area contributed by atoms with Crippen LogP contribution in [0.2, 0.25) is 0 Å². The summed E-state index contributed by atoms with van der Waals surface area (Å²) < 4.78 is 0. The third-order valence-corrected chi connectivity index (χ3v) is 5.10. The number of nitrogens with zero attached hydrogens (tertiary/aromatic N) is 3. The molecule has 0 amide bonds. The Morgan fingerprint density at radius 3 is 1.96 bits per heavy atom. The van der Waals surface area contributed by atoms with Crippen LogP contribution in [-0.4, -0.2) is 42.4 Å². The fraction of sp³-hybridized carbons (Fsp3) is 0.217. The third-order valence-electron chi connectivity index (χ3n) is 5.10. The van der Waals surface area contributed by atoms with E-state index in [1.807, 2.05) is 24.4 Å². The highest BCUT2D eigenvalue weighted by Gasteiger charge is 2.29. The van der Waals surface area contributed by atoms with Gasteiger partial charge in [0.1, 0.15) is 6.04 Å². The summed E-state index contributed by atoms with van der Waals surface area (Å²) in [6, 6.07) is 28.0. The molecule has 4 rings (SSSR count). The Bertz CT molecular complexity index is 802. The zero-order valence-corrected chi connectivity index (χ0v) is 15.4. The van der Waals surface area contributed by atoms with Crippen molar-refractivity contribution in [3.8, 4) is 0 Å². The fourth-order valence-corrected chi connectivity index (χ4v) is 3.73. The Kier molecular flexibility index (Phi) is 5.56. The summed E-state index contributed by atoms with van der Waals surface area (Å²) in [5.74, 6) is 0. The van der Waals surface area contributed by atoms with Crippen LogP contribution in [0.4, 0.5) is 0 Å². The number of hydrogen-bond acceptors (Lipinski definition) is 3. The van der Waals surface area contributed by atoms with E-state index < -0.39 is 0 Å². The van der Waals surface area contributed by atoms with E-state index >= 15 is 0 Å². The van der Waals surface area contributed by atoms with E-state index in [4.69, 9.17) is 0 Å². The lowest BCUT2D eigenvalue weighted by Gasteiger charge is -2.35. The second-order valence-electron chi connectivity index (χ2n) is 6.87. The van der Waals surface area contributed by atoms with Crippen LogP contribution in [-0.2, 0) is 0 Å². The highest BCUT2D eigenvalue weighted by molar-refractivity contribution is 5.76. The lowest BCUT2D eigenvalue weighted by Crippen LogP contribution is -3.15. The number of benzene rings is 2. The Morgan fingerprint density at radius 1 is 0.815 bits per heavy atom. The predicted molar refractivity (Wildman–Crippen MR) is 109 cm³/mol. The second-order valence-corrected chi connectivity index (χ2v) is 6.87. The van der Waals surface area contributed by atoms with Gasteiger partial charge >= 0.3 is 0 Å². The minimum atomic E-state index is 0.370. The summed E-state index contributed by atoms with van der Waals surface area (Å²) in [6.45, 7) is 4.03. The lowest BCUT2D eigenvalue weighted by molar-refractivity contribution is -0.929. The summed E-state index contributed by atoms with van der Waals surface area (Å²) in [5, 5.41) is 6.78. The molecule has 2 heterocycles. The van der Waals surface area contributed by atoms with Crippen LogP contribution in [0.15, 0.2) is 90.2 Å². The molecule has 1 saturated heterocycles. The number of piperazine rings is 1. The Hall–Kier alpha value is -2.98. The number of hydrazone groups is 1. The molecule has 0 spiro atoms. The highest BCUT2D eigenvalue weighted by Crippen LogP contribution is 2.19. The molecule has 0 aliphatic carbocycles. The van der Waals surface area contributed by atoms with Gasteiger partial charge in [0, 0.05) is 17.3 Å². The molecular formula is C23H25N4+. The van der Waals surface area contributed by atoms with Crippen LogP contribution < -0.4 is 4.90 Å². The number of nitrogens with one attached hydrogen (secondary N) is 1. The summed E-state index contributed by atoms with van der Waals surface area (Å²) >= 11 is 0. The van der Waals surface area contributed by atoms with Crippen molar-refractivity contribution in [2.24, 2.45) is 5.10 Å². The van der Waals surface area contributed by atoms with E-state index in [2.05, 4.69) is 75.8 Å². The van der Waals surface area contributed by atoms with Gasteiger partial charge in [-0.2, -0.15) is 5.10 Å². The molecule has 0 unspecified atom stereocenters. The molecule has 0 atom stereocenters. The zero-order chi connectivity index (χ0) is 18.3. The number of pyridine rings is 1. The van der Waals surface area contributed by atoms with E-state index in [9.17, 15) is 0 Å². The summed E-state index contributed by atoms with van der Waals surface area (Å²) in [7, 11) is 0. The normalized spacial score (nSPS) is 15.5. The predicted octanol–water partition coefficient (Wildman–Crippen LogP) is 2.41.